The summed E-state index contributed by atoms with van der Waals surface area (Å²) in [6, 6.07) is 2.00. The molecule has 4 heteroatoms. The largest absolute Gasteiger partial charge is 0.472 e. The fourth-order valence-electron chi connectivity index (χ4n) is 1.30. The van der Waals surface area contributed by atoms with Crippen molar-refractivity contribution in [2.75, 3.05) is 11.9 Å². The molecule has 0 saturated carbocycles. The molecular weight excluding hydrogens is 210 g/mol. The predicted molar refractivity (Wildman–Crippen MR) is 63.8 cm³/mol. The van der Waals surface area contributed by atoms with Crippen LogP contribution >= 0.6 is 11.3 Å². The number of fused-ring (bicyclic) bond motifs is 1. The molecule has 0 spiro atoms. The topological polar surface area (TPSA) is 38.3 Å². The number of aryl methyl sites for hydroxylation is 1. The molecular formula is C11H17NO2S. The van der Waals surface area contributed by atoms with Crippen LogP contribution in [-0.4, -0.2) is 12.5 Å². The molecule has 0 fully saturated rings. The van der Waals surface area contributed by atoms with Crippen molar-refractivity contribution in [2.24, 2.45) is 0 Å². The fraction of sp³-hybridized carbons (Fsp3) is 0.545. The van der Waals surface area contributed by atoms with Crippen LogP contribution in [0.2, 0.25) is 0 Å². The molecule has 84 valence electrons. The minimum Gasteiger partial charge on any atom is -0.472 e. The molecule has 1 amide bonds. The van der Waals surface area contributed by atoms with E-state index in [1.807, 2.05) is 19.9 Å². The molecule has 1 aromatic rings. The molecule has 0 bridgehead atoms. The van der Waals surface area contributed by atoms with Crippen molar-refractivity contribution in [3.05, 3.63) is 10.9 Å². The molecule has 1 N–H and O–H groups in total. The molecule has 3 nitrogen and oxygen atoms in total. The Kier molecular flexibility index (Phi) is 4.62. The number of hydrogen-bond acceptors (Lipinski definition) is 3. The zero-order chi connectivity index (χ0) is 11.3. The van der Waals surface area contributed by atoms with Gasteiger partial charge >= 0.3 is 0 Å². The van der Waals surface area contributed by atoms with Gasteiger partial charge in [0, 0.05) is 4.88 Å². The van der Waals surface area contributed by atoms with E-state index in [1.165, 1.54) is 4.88 Å². The fourth-order valence-corrected chi connectivity index (χ4v) is 2.36. The molecule has 0 aliphatic carbocycles. The maximum absolute atomic E-state index is 11.0. The molecule has 0 unspecified atom stereocenters. The first-order chi connectivity index (χ1) is 7.29. The van der Waals surface area contributed by atoms with E-state index in [2.05, 4.69) is 12.2 Å². The minimum atomic E-state index is -0.0617. The number of hydrogen-bond donors (Lipinski definition) is 1. The molecule has 1 aliphatic rings. The highest BCUT2D eigenvalue weighted by Crippen LogP contribution is 2.37. The Hall–Kier alpha value is -1.03. The first kappa shape index (κ1) is 12.0. The lowest BCUT2D eigenvalue weighted by Gasteiger charge is -2.12. The van der Waals surface area contributed by atoms with Gasteiger partial charge in [0.1, 0.15) is 0 Å². The average molecular weight is 227 g/mol. The van der Waals surface area contributed by atoms with Gasteiger partial charge in [-0.3, -0.25) is 4.79 Å². The highest BCUT2D eigenvalue weighted by atomic mass is 32.1. The van der Waals surface area contributed by atoms with Crippen molar-refractivity contribution >= 4 is 22.9 Å². The number of carbonyl (C=O) groups excluding carboxylic acids is 1. The van der Waals surface area contributed by atoms with Crippen LogP contribution in [0.15, 0.2) is 6.07 Å². The van der Waals surface area contributed by atoms with Gasteiger partial charge in [-0.05, 0) is 12.5 Å². The Morgan fingerprint density at radius 2 is 2.27 bits per heavy atom. The molecule has 0 atom stereocenters. The first-order valence-electron chi connectivity index (χ1n) is 5.35. The third-order valence-electron chi connectivity index (χ3n) is 1.85. The Bertz CT molecular complexity index is 333. The molecule has 2 rings (SSSR count). The average Bonchev–Trinajstić information content (AvgIpc) is 2.63. The van der Waals surface area contributed by atoms with E-state index in [9.17, 15) is 4.79 Å². The summed E-state index contributed by atoms with van der Waals surface area (Å²) in [6.45, 7) is 6.29. The van der Waals surface area contributed by atoms with E-state index >= 15 is 0 Å². The summed E-state index contributed by atoms with van der Waals surface area (Å²) in [4.78, 5) is 12.2. The lowest BCUT2D eigenvalue weighted by atomic mass is 10.3. The number of thiophene rings is 1. The zero-order valence-corrected chi connectivity index (χ0v) is 10.2. The van der Waals surface area contributed by atoms with Gasteiger partial charge in [-0.25, -0.2) is 0 Å². The second kappa shape index (κ2) is 5.75. The van der Waals surface area contributed by atoms with E-state index < -0.39 is 0 Å². The Morgan fingerprint density at radius 1 is 1.53 bits per heavy atom. The SMILES string of the molecule is CC.CCCc1cc2c(s1)OCC(=O)N2. The van der Waals surface area contributed by atoms with Crippen molar-refractivity contribution in [2.45, 2.75) is 33.6 Å². The van der Waals surface area contributed by atoms with Gasteiger partial charge in [-0.15, -0.1) is 11.3 Å². The van der Waals surface area contributed by atoms with Gasteiger partial charge in [-0.2, -0.15) is 0 Å². The third-order valence-corrected chi connectivity index (χ3v) is 2.96. The predicted octanol–water partition coefficient (Wildman–Crippen LogP) is 3.06. The number of amides is 1. The van der Waals surface area contributed by atoms with Crippen molar-refractivity contribution in [3.8, 4) is 5.06 Å². The van der Waals surface area contributed by atoms with Gasteiger partial charge in [-0.1, -0.05) is 27.2 Å². The molecule has 2 heterocycles. The highest BCUT2D eigenvalue weighted by molar-refractivity contribution is 7.14. The van der Waals surface area contributed by atoms with Gasteiger partial charge in [0.2, 0.25) is 0 Å². The summed E-state index contributed by atoms with van der Waals surface area (Å²) in [5.74, 6) is -0.0617. The maximum atomic E-state index is 11.0. The van der Waals surface area contributed by atoms with Gasteiger partial charge in [0.15, 0.2) is 11.7 Å². The number of ether oxygens (including phenoxy) is 1. The number of anilines is 1. The lowest BCUT2D eigenvalue weighted by Crippen LogP contribution is -2.24. The minimum absolute atomic E-state index is 0.0617. The first-order valence-corrected chi connectivity index (χ1v) is 6.16. The van der Waals surface area contributed by atoms with Crippen molar-refractivity contribution in [3.63, 3.8) is 0 Å². The smallest absolute Gasteiger partial charge is 0.262 e. The summed E-state index contributed by atoms with van der Waals surface area (Å²) in [7, 11) is 0. The van der Waals surface area contributed by atoms with E-state index in [0.717, 1.165) is 23.6 Å². The normalized spacial score (nSPS) is 13.1. The Balaban J connectivity index is 0.000000531. The van der Waals surface area contributed by atoms with Crippen LogP contribution in [0.1, 0.15) is 32.1 Å². The van der Waals surface area contributed by atoms with Crippen LogP contribution in [0.4, 0.5) is 5.69 Å². The van der Waals surface area contributed by atoms with Crippen molar-refractivity contribution < 1.29 is 9.53 Å². The summed E-state index contributed by atoms with van der Waals surface area (Å²) in [5.41, 5.74) is 0.838. The lowest BCUT2D eigenvalue weighted by molar-refractivity contribution is -0.118. The van der Waals surface area contributed by atoms with E-state index in [4.69, 9.17) is 4.74 Å². The standard InChI is InChI=1S/C9H11NO2S.C2H6/c1-2-3-6-4-7-9(13-6)12-5-8(11)10-7;1-2/h4H,2-3,5H2,1H3,(H,10,11);1-2H3. The second-order valence-corrected chi connectivity index (χ2v) is 4.10. The van der Waals surface area contributed by atoms with E-state index in [0.29, 0.717) is 0 Å². The van der Waals surface area contributed by atoms with Crippen LogP contribution in [0.3, 0.4) is 0 Å². The second-order valence-electron chi connectivity index (χ2n) is 3.00. The van der Waals surface area contributed by atoms with Crippen LogP contribution in [0, 0.1) is 0 Å². The Labute approximate surface area is 94.5 Å². The van der Waals surface area contributed by atoms with Crippen LogP contribution in [-0.2, 0) is 11.2 Å². The molecule has 0 radical (unpaired) electrons. The number of nitrogens with one attached hydrogen (secondary N) is 1. The molecule has 1 aromatic heterocycles. The summed E-state index contributed by atoms with van der Waals surface area (Å²) in [6.07, 6.45) is 2.17. The Morgan fingerprint density at radius 3 is 2.93 bits per heavy atom. The summed E-state index contributed by atoms with van der Waals surface area (Å²) >= 11 is 1.62. The van der Waals surface area contributed by atoms with Gasteiger partial charge in [0.05, 0.1) is 5.69 Å². The monoisotopic (exact) mass is 227 g/mol. The van der Waals surface area contributed by atoms with Crippen LogP contribution in [0.5, 0.6) is 5.06 Å². The van der Waals surface area contributed by atoms with Crippen molar-refractivity contribution in [1.82, 2.24) is 0 Å². The van der Waals surface area contributed by atoms with E-state index in [-0.39, 0.29) is 12.5 Å². The number of carbonyl (C=O) groups is 1. The van der Waals surface area contributed by atoms with Crippen LogP contribution in [0.25, 0.3) is 0 Å². The van der Waals surface area contributed by atoms with Gasteiger partial charge < -0.3 is 10.1 Å². The summed E-state index contributed by atoms with van der Waals surface area (Å²) < 4.78 is 5.27. The zero-order valence-electron chi connectivity index (χ0n) is 9.42. The highest BCUT2D eigenvalue weighted by Gasteiger charge is 2.18. The maximum Gasteiger partial charge on any atom is 0.262 e. The summed E-state index contributed by atoms with van der Waals surface area (Å²) in [5, 5.41) is 3.64. The quantitative estimate of drug-likeness (QED) is 0.843. The molecule has 1 aliphatic heterocycles. The van der Waals surface area contributed by atoms with Crippen LogP contribution < -0.4 is 10.1 Å². The molecule has 0 saturated heterocycles. The van der Waals surface area contributed by atoms with Gasteiger partial charge in [0.25, 0.3) is 5.91 Å². The number of rotatable bonds is 2. The third kappa shape index (κ3) is 2.96. The molecule has 15 heavy (non-hydrogen) atoms. The van der Waals surface area contributed by atoms with Crippen molar-refractivity contribution in [1.29, 1.82) is 0 Å². The van der Waals surface area contributed by atoms with E-state index in [1.54, 1.807) is 11.3 Å². The molecule has 0 aromatic carbocycles.